The fraction of sp³-hybridized carbons (Fsp3) is 0.733. The Hall–Kier alpha value is -0.810. The number of aliphatic imine (C=N–C) groups is 1. The van der Waals surface area contributed by atoms with Gasteiger partial charge in [0.2, 0.25) is 0 Å². The first-order valence-corrected chi connectivity index (χ1v) is 9.03. The molecule has 3 atom stereocenters. The highest BCUT2D eigenvalue weighted by atomic mass is 32.2. The first kappa shape index (κ1) is 12.9. The van der Waals surface area contributed by atoms with Gasteiger partial charge in [0.15, 0.2) is 5.82 Å². The molecule has 0 amide bonds. The van der Waals surface area contributed by atoms with Gasteiger partial charge in [-0.05, 0) is 37.0 Å². The fourth-order valence-electron chi connectivity index (χ4n) is 3.77. The summed E-state index contributed by atoms with van der Waals surface area (Å²) in [4.78, 5) is 9.00. The molecular formula is C15H23N3OS. The molecule has 2 saturated carbocycles. The highest BCUT2D eigenvalue weighted by Crippen LogP contribution is 2.57. The zero-order chi connectivity index (χ0) is 13.9. The molecule has 0 spiro atoms. The summed E-state index contributed by atoms with van der Waals surface area (Å²) in [5.74, 6) is 1.97. The molecule has 4 rings (SSSR count). The van der Waals surface area contributed by atoms with Gasteiger partial charge in [0.25, 0.3) is 0 Å². The number of aromatic nitrogens is 2. The molecule has 0 aromatic carbocycles. The lowest BCUT2D eigenvalue weighted by atomic mass is 9.82. The standard InChI is InChI=1S/C15H23N3OS/c1-15(2)7-3-4-11(15)14(19)20-13(10-5-6-10)17-12-8-16-9-18(12)20/h8-11,14,19-20H,3-7H2,1-2H3. The maximum atomic E-state index is 11.1. The van der Waals surface area contributed by atoms with Crippen LogP contribution < -0.4 is 0 Å². The SMILES string of the molecule is CC1(C)CCCC1C(O)[SH]1C(C2CC2)=Nc2cncn21. The normalized spacial score (nSPS) is 34.9. The molecule has 2 fully saturated rings. The number of aliphatic hydroxyl groups excluding tert-OH is 1. The van der Waals surface area contributed by atoms with Crippen molar-refractivity contribution in [3.63, 3.8) is 0 Å². The van der Waals surface area contributed by atoms with Crippen LogP contribution in [0.4, 0.5) is 5.82 Å². The average molecular weight is 293 g/mol. The van der Waals surface area contributed by atoms with Crippen LogP contribution in [0.25, 0.3) is 0 Å². The first-order chi connectivity index (χ1) is 9.58. The largest absolute Gasteiger partial charge is 0.382 e. The van der Waals surface area contributed by atoms with E-state index in [9.17, 15) is 5.11 Å². The van der Waals surface area contributed by atoms with Crippen LogP contribution in [-0.2, 0) is 0 Å². The zero-order valence-corrected chi connectivity index (χ0v) is 13.1. The highest BCUT2D eigenvalue weighted by molar-refractivity contribution is 8.29. The Balaban J connectivity index is 1.68. The number of nitrogens with zero attached hydrogens (tertiary/aromatic N) is 3. The molecule has 1 aliphatic heterocycles. The number of hydrogen-bond acceptors (Lipinski definition) is 3. The van der Waals surface area contributed by atoms with Gasteiger partial charge in [-0.25, -0.2) is 9.98 Å². The summed E-state index contributed by atoms with van der Waals surface area (Å²) in [5.41, 5.74) is -0.0166. The van der Waals surface area contributed by atoms with E-state index in [0.717, 1.165) is 12.2 Å². The van der Waals surface area contributed by atoms with Crippen LogP contribution in [0.2, 0.25) is 0 Å². The van der Waals surface area contributed by atoms with Crippen LogP contribution >= 0.6 is 11.1 Å². The molecule has 1 aromatic rings. The van der Waals surface area contributed by atoms with E-state index in [0.29, 0.717) is 11.8 Å². The van der Waals surface area contributed by atoms with E-state index in [1.54, 1.807) is 0 Å². The molecule has 3 aliphatic rings. The summed E-state index contributed by atoms with van der Waals surface area (Å²) in [6, 6.07) is 0. The van der Waals surface area contributed by atoms with E-state index in [1.807, 2.05) is 12.5 Å². The second kappa shape index (κ2) is 4.34. The van der Waals surface area contributed by atoms with Gasteiger partial charge in [-0.3, -0.25) is 3.97 Å². The van der Waals surface area contributed by atoms with Crippen LogP contribution in [0.1, 0.15) is 46.0 Å². The van der Waals surface area contributed by atoms with E-state index in [2.05, 4.69) is 22.8 Å². The first-order valence-electron chi connectivity index (χ1n) is 7.66. The third-order valence-corrected chi connectivity index (χ3v) is 7.76. The van der Waals surface area contributed by atoms with Crippen molar-refractivity contribution < 1.29 is 5.11 Å². The van der Waals surface area contributed by atoms with Crippen LogP contribution in [-0.4, -0.2) is 24.5 Å². The Morgan fingerprint density at radius 1 is 1.40 bits per heavy atom. The molecule has 5 heteroatoms. The van der Waals surface area contributed by atoms with Gasteiger partial charge in [-0.1, -0.05) is 20.3 Å². The van der Waals surface area contributed by atoms with Crippen LogP contribution in [0.15, 0.2) is 17.5 Å². The molecule has 3 unspecified atom stereocenters. The molecule has 2 heterocycles. The smallest absolute Gasteiger partial charge is 0.162 e. The Labute approximate surface area is 122 Å². The Bertz CT molecular complexity index is 561. The van der Waals surface area contributed by atoms with Crippen molar-refractivity contribution in [2.45, 2.75) is 51.4 Å². The second-order valence-electron chi connectivity index (χ2n) is 7.09. The predicted octanol–water partition coefficient (Wildman–Crippen LogP) is 3.25. The summed E-state index contributed by atoms with van der Waals surface area (Å²) in [6.07, 6.45) is 9.81. The second-order valence-corrected chi connectivity index (χ2v) is 9.19. The van der Waals surface area contributed by atoms with Crippen LogP contribution in [0.3, 0.4) is 0 Å². The van der Waals surface area contributed by atoms with E-state index in [4.69, 9.17) is 4.99 Å². The van der Waals surface area contributed by atoms with Crippen molar-refractivity contribution in [1.29, 1.82) is 0 Å². The number of thiol groups is 1. The predicted molar refractivity (Wildman–Crippen MR) is 83.6 cm³/mol. The lowest BCUT2D eigenvalue weighted by Gasteiger charge is -2.37. The van der Waals surface area contributed by atoms with Crippen molar-refractivity contribution in [3.05, 3.63) is 12.5 Å². The molecule has 0 bridgehead atoms. The topological polar surface area (TPSA) is 50.4 Å². The molecule has 1 N–H and O–H groups in total. The van der Waals surface area contributed by atoms with Crippen LogP contribution in [0.5, 0.6) is 0 Å². The van der Waals surface area contributed by atoms with Gasteiger partial charge in [0.1, 0.15) is 11.8 Å². The quantitative estimate of drug-likeness (QED) is 0.841. The molecule has 1 aromatic heterocycles. The molecule has 110 valence electrons. The third-order valence-electron chi connectivity index (χ3n) is 5.19. The molecule has 0 radical (unpaired) electrons. The minimum absolute atomic E-state index is 0.250. The van der Waals surface area contributed by atoms with Crippen molar-refractivity contribution in [1.82, 2.24) is 8.96 Å². The fourth-order valence-corrected chi connectivity index (χ4v) is 6.73. The van der Waals surface area contributed by atoms with Gasteiger partial charge in [-0.15, -0.1) is 11.1 Å². The zero-order valence-electron chi connectivity index (χ0n) is 12.2. The van der Waals surface area contributed by atoms with Gasteiger partial charge < -0.3 is 5.11 Å². The number of rotatable bonds is 3. The number of aliphatic hydroxyl groups is 1. The lowest BCUT2D eigenvalue weighted by Crippen LogP contribution is -2.32. The van der Waals surface area contributed by atoms with Crippen molar-refractivity contribution >= 4 is 21.9 Å². The minimum atomic E-state index is -0.735. The Kier molecular flexibility index (Phi) is 2.80. The molecule has 2 aliphatic carbocycles. The van der Waals surface area contributed by atoms with Gasteiger partial charge >= 0.3 is 0 Å². The van der Waals surface area contributed by atoms with Gasteiger partial charge in [0, 0.05) is 5.92 Å². The average Bonchev–Trinajstić information content (AvgIpc) is 2.87. The van der Waals surface area contributed by atoms with Gasteiger partial charge in [0.05, 0.1) is 11.2 Å². The lowest BCUT2D eigenvalue weighted by molar-refractivity contribution is 0.118. The van der Waals surface area contributed by atoms with E-state index in [1.165, 1.54) is 30.7 Å². The Morgan fingerprint density at radius 3 is 2.85 bits per heavy atom. The number of imidazole rings is 1. The molecular weight excluding hydrogens is 270 g/mol. The minimum Gasteiger partial charge on any atom is -0.382 e. The number of fused-ring (bicyclic) bond motifs is 1. The molecule has 0 saturated heterocycles. The summed E-state index contributed by atoms with van der Waals surface area (Å²) < 4.78 is 2.15. The van der Waals surface area contributed by atoms with E-state index in [-0.39, 0.29) is 10.9 Å². The maximum Gasteiger partial charge on any atom is 0.162 e. The van der Waals surface area contributed by atoms with E-state index < -0.39 is 11.1 Å². The van der Waals surface area contributed by atoms with Crippen molar-refractivity contribution in [3.8, 4) is 0 Å². The summed E-state index contributed by atoms with van der Waals surface area (Å²) in [5, 5.41) is 12.4. The van der Waals surface area contributed by atoms with Gasteiger partial charge in [-0.2, -0.15) is 0 Å². The Morgan fingerprint density at radius 2 is 2.20 bits per heavy atom. The summed E-state index contributed by atoms with van der Waals surface area (Å²) >= 11 is -0.735. The third kappa shape index (κ3) is 1.86. The number of hydrogen-bond donors (Lipinski definition) is 2. The van der Waals surface area contributed by atoms with E-state index >= 15 is 0 Å². The highest BCUT2D eigenvalue weighted by Gasteiger charge is 2.46. The molecule has 4 nitrogen and oxygen atoms in total. The summed E-state index contributed by atoms with van der Waals surface area (Å²) in [7, 11) is 0. The monoisotopic (exact) mass is 293 g/mol. The molecule has 20 heavy (non-hydrogen) atoms. The van der Waals surface area contributed by atoms with Crippen molar-refractivity contribution in [2.24, 2.45) is 22.2 Å². The van der Waals surface area contributed by atoms with Crippen molar-refractivity contribution in [2.75, 3.05) is 0 Å². The maximum absolute atomic E-state index is 11.1. The summed E-state index contributed by atoms with van der Waals surface area (Å²) in [6.45, 7) is 4.62. The van der Waals surface area contributed by atoms with Crippen LogP contribution in [0, 0.1) is 17.3 Å².